The number of halogens is 1. The lowest BCUT2D eigenvalue weighted by Gasteiger charge is -2.30. The fraction of sp³-hybridized carbons (Fsp3) is 0.172. The van der Waals surface area contributed by atoms with Crippen LogP contribution in [0.25, 0.3) is 0 Å². The molecule has 0 unspecified atom stereocenters. The third-order valence-electron chi connectivity index (χ3n) is 7.27. The molecule has 0 spiro atoms. The highest BCUT2D eigenvalue weighted by atomic mass is 32.2. The number of non-ortho nitro benzene ring substituents is 1. The highest BCUT2D eigenvalue weighted by Gasteiger charge is 2.56. The molecule has 2 aliphatic heterocycles. The first kappa shape index (κ1) is 28.3. The van der Waals surface area contributed by atoms with Crippen LogP contribution in [-0.2, 0) is 20.9 Å². The molecule has 0 saturated carbocycles. The molecule has 1 aromatic heterocycles. The van der Waals surface area contributed by atoms with E-state index in [1.807, 2.05) is 0 Å². The predicted octanol–water partition coefficient (Wildman–Crippen LogP) is 4.40. The van der Waals surface area contributed by atoms with E-state index in [-0.39, 0.29) is 17.9 Å². The fourth-order valence-corrected chi connectivity index (χ4v) is 8.05. The van der Waals surface area contributed by atoms with Gasteiger partial charge in [0.05, 0.1) is 28.7 Å². The van der Waals surface area contributed by atoms with Crippen LogP contribution in [0.1, 0.15) is 16.4 Å². The number of rotatable bonds is 7. The zero-order chi connectivity index (χ0) is 30.4. The molecular weight excluding hydrogens is 599 g/mol. The van der Waals surface area contributed by atoms with Crippen molar-refractivity contribution in [1.29, 1.82) is 0 Å². The number of anilines is 2. The van der Waals surface area contributed by atoms with Gasteiger partial charge in [-0.3, -0.25) is 33.9 Å². The third kappa shape index (κ3) is 5.08. The van der Waals surface area contributed by atoms with E-state index < -0.39 is 50.4 Å². The van der Waals surface area contributed by atoms with Gasteiger partial charge in [0.25, 0.3) is 5.69 Å². The zero-order valence-corrected chi connectivity index (χ0v) is 23.9. The molecule has 0 radical (unpaired) electrons. The zero-order valence-electron chi connectivity index (χ0n) is 22.3. The number of fused-ring (bicyclic) bond motifs is 2. The van der Waals surface area contributed by atoms with Crippen LogP contribution in [0, 0.1) is 21.8 Å². The van der Waals surface area contributed by atoms with Gasteiger partial charge in [-0.25, -0.2) is 9.29 Å². The summed E-state index contributed by atoms with van der Waals surface area (Å²) in [6, 6.07) is 17.3. The minimum absolute atomic E-state index is 0.184. The fourth-order valence-electron chi connectivity index (χ4n) is 5.28. The molecule has 11 nitrogen and oxygen atoms in total. The lowest BCUT2D eigenvalue weighted by Crippen LogP contribution is -2.33. The van der Waals surface area contributed by atoms with E-state index >= 15 is 0 Å². The number of methoxy groups -OCH3 is 1. The van der Waals surface area contributed by atoms with E-state index in [2.05, 4.69) is 5.32 Å². The quantitative estimate of drug-likeness (QED) is 0.182. The van der Waals surface area contributed by atoms with E-state index in [0.29, 0.717) is 26.9 Å². The molecule has 0 aliphatic carbocycles. The monoisotopic (exact) mass is 620 g/mol. The summed E-state index contributed by atoms with van der Waals surface area (Å²) in [5, 5.41) is 13.2. The van der Waals surface area contributed by atoms with Crippen molar-refractivity contribution in [3.63, 3.8) is 0 Å². The van der Waals surface area contributed by atoms with Crippen LogP contribution < -0.4 is 19.8 Å². The Morgan fingerprint density at radius 3 is 2.30 bits per heavy atom. The molecule has 3 aromatic carbocycles. The largest absolute Gasteiger partial charge is 0.497 e. The van der Waals surface area contributed by atoms with Gasteiger partial charge in [-0.1, -0.05) is 35.2 Å². The third-order valence-corrected chi connectivity index (χ3v) is 9.88. The van der Waals surface area contributed by atoms with Crippen LogP contribution in [0.15, 0.2) is 82.6 Å². The molecule has 1 N–H and O–H groups in total. The minimum Gasteiger partial charge on any atom is -0.497 e. The number of nitrogens with one attached hydrogen (secondary N) is 1. The molecule has 218 valence electrons. The summed E-state index contributed by atoms with van der Waals surface area (Å²) in [6.45, 7) is -0.365. The van der Waals surface area contributed by atoms with Gasteiger partial charge in [0.15, 0.2) is 0 Å². The number of nitrogens with zero attached hydrogens (tertiary/aromatic N) is 3. The highest BCUT2D eigenvalue weighted by molar-refractivity contribution is 8.00. The number of hydrogen-bond acceptors (Lipinski definition) is 9. The number of thiazole rings is 1. The summed E-state index contributed by atoms with van der Waals surface area (Å²) in [4.78, 5) is 65.6. The minimum atomic E-state index is -0.928. The first-order valence-electron chi connectivity index (χ1n) is 12.9. The van der Waals surface area contributed by atoms with E-state index in [1.54, 1.807) is 24.3 Å². The number of hydrogen-bond donors (Lipinski definition) is 1. The topological polar surface area (TPSA) is 141 Å². The number of nitro groups is 1. The average Bonchev–Trinajstić information content (AvgIpc) is 3.44. The Hall–Kier alpha value is -4.82. The lowest BCUT2D eigenvalue weighted by atomic mass is 9.83. The second kappa shape index (κ2) is 11.1. The molecule has 4 aromatic rings. The van der Waals surface area contributed by atoms with Crippen molar-refractivity contribution in [3.05, 3.63) is 109 Å². The smallest absolute Gasteiger partial charge is 0.308 e. The number of nitro benzene ring substituents is 1. The number of aromatic nitrogens is 1. The Morgan fingerprint density at radius 2 is 1.67 bits per heavy atom. The number of amides is 3. The molecule has 1 saturated heterocycles. The second-order valence-electron chi connectivity index (χ2n) is 9.78. The van der Waals surface area contributed by atoms with Gasteiger partial charge in [0, 0.05) is 28.6 Å². The number of imide groups is 1. The summed E-state index contributed by atoms with van der Waals surface area (Å²) in [7, 11) is 1.52. The first-order chi connectivity index (χ1) is 20.7. The van der Waals surface area contributed by atoms with Crippen LogP contribution >= 0.6 is 23.1 Å². The molecule has 3 atom stereocenters. The van der Waals surface area contributed by atoms with Crippen molar-refractivity contribution in [2.45, 2.75) is 22.7 Å². The number of ether oxygens (including phenoxy) is 1. The lowest BCUT2D eigenvalue weighted by molar-refractivity contribution is -0.384. The highest BCUT2D eigenvalue weighted by Crippen LogP contribution is 2.54. The van der Waals surface area contributed by atoms with E-state index in [9.17, 15) is 33.7 Å². The summed E-state index contributed by atoms with van der Waals surface area (Å²) in [5.41, 5.74) is 1.04. The number of carbonyl (C=O) groups excluding carboxylic acids is 3. The Bertz CT molecular complexity index is 1820. The first-order valence-corrected chi connectivity index (χ1v) is 14.6. The molecule has 3 amide bonds. The van der Waals surface area contributed by atoms with Gasteiger partial charge in [-0.05, 0) is 54.1 Å². The number of benzene rings is 3. The van der Waals surface area contributed by atoms with Crippen molar-refractivity contribution in [2.24, 2.45) is 5.92 Å². The maximum absolute atomic E-state index is 13.9. The van der Waals surface area contributed by atoms with Gasteiger partial charge in [-0.15, -0.1) is 0 Å². The molecule has 43 heavy (non-hydrogen) atoms. The van der Waals surface area contributed by atoms with Crippen molar-refractivity contribution < 1.29 is 28.4 Å². The van der Waals surface area contributed by atoms with Crippen LogP contribution in [0.3, 0.4) is 0 Å². The van der Waals surface area contributed by atoms with Crippen molar-refractivity contribution in [2.75, 3.05) is 17.3 Å². The number of carbonyl (C=O) groups is 3. The average molecular weight is 621 g/mol. The van der Waals surface area contributed by atoms with Crippen molar-refractivity contribution in [1.82, 2.24) is 4.57 Å². The molecule has 3 heterocycles. The van der Waals surface area contributed by atoms with E-state index in [0.717, 1.165) is 28.0 Å². The van der Waals surface area contributed by atoms with Gasteiger partial charge < -0.3 is 10.1 Å². The number of thioether (sulfide) groups is 1. The summed E-state index contributed by atoms with van der Waals surface area (Å²) in [6.07, 6.45) is 0. The predicted molar refractivity (Wildman–Crippen MR) is 157 cm³/mol. The van der Waals surface area contributed by atoms with Crippen molar-refractivity contribution in [3.8, 4) is 5.75 Å². The Kier molecular flexibility index (Phi) is 7.31. The molecule has 6 rings (SSSR count). The van der Waals surface area contributed by atoms with Crippen LogP contribution in [-0.4, -0.2) is 39.6 Å². The molecule has 14 heteroatoms. The SMILES string of the molecule is COc1ccc([C@@H]2c3sc(=O)n(CC(=O)Nc4ccc(F)cc4)c3S[C@@H]3C(=O)N(c4ccc([N+](=O)[O-])cc4)C(=O)[C@H]23)cc1. The van der Waals surface area contributed by atoms with Crippen LogP contribution in [0.4, 0.5) is 21.5 Å². The summed E-state index contributed by atoms with van der Waals surface area (Å²) >= 11 is 1.95. The van der Waals surface area contributed by atoms with Crippen LogP contribution in [0.2, 0.25) is 0 Å². The van der Waals surface area contributed by atoms with Crippen molar-refractivity contribution >= 4 is 57.9 Å². The maximum atomic E-state index is 13.9. The van der Waals surface area contributed by atoms with Gasteiger partial charge in [-0.2, -0.15) is 0 Å². The molecule has 0 bridgehead atoms. The molecular formula is C29H21FN4O7S2. The van der Waals surface area contributed by atoms with Gasteiger partial charge in [0.2, 0.25) is 17.7 Å². The Labute approximate surface area is 251 Å². The van der Waals surface area contributed by atoms with Gasteiger partial charge >= 0.3 is 4.87 Å². The normalized spacial score (nSPS) is 19.1. The standard InChI is InChI=1S/C29H21FN4O7S2/c1-41-20-12-2-15(3-13-20)22-23-24(27(37)33(26(23)36)18-8-10-19(11-9-18)34(39)40)42-28-25(22)43-29(38)32(28)14-21(35)31-17-6-4-16(30)5-7-17/h2-13,22-24H,14H2,1H3,(H,31,35)/t22-,23+,24-/m0/s1. The summed E-state index contributed by atoms with van der Waals surface area (Å²) < 4.78 is 19.8. The van der Waals surface area contributed by atoms with E-state index in [1.165, 1.54) is 60.2 Å². The second-order valence-corrected chi connectivity index (χ2v) is 11.9. The summed E-state index contributed by atoms with van der Waals surface area (Å²) in [5.74, 6) is -3.01. The van der Waals surface area contributed by atoms with E-state index in [4.69, 9.17) is 4.74 Å². The van der Waals surface area contributed by atoms with Gasteiger partial charge in [0.1, 0.15) is 23.4 Å². The Morgan fingerprint density at radius 1 is 1.00 bits per heavy atom. The Balaban J connectivity index is 1.39. The van der Waals surface area contributed by atoms with Crippen LogP contribution in [0.5, 0.6) is 5.75 Å². The maximum Gasteiger partial charge on any atom is 0.308 e. The molecule has 1 fully saturated rings. The molecule has 2 aliphatic rings.